The Bertz CT molecular complexity index is 1690. The van der Waals surface area contributed by atoms with Crippen LogP contribution in [0, 0.1) is 0 Å². The predicted molar refractivity (Wildman–Crippen MR) is 172 cm³/mol. The summed E-state index contributed by atoms with van der Waals surface area (Å²) >= 11 is 6.32. The highest BCUT2D eigenvalue weighted by atomic mass is 35.5. The lowest BCUT2D eigenvalue weighted by Crippen LogP contribution is -2.49. The van der Waals surface area contributed by atoms with Gasteiger partial charge in [-0.3, -0.25) is 9.69 Å². The summed E-state index contributed by atoms with van der Waals surface area (Å²) in [5.74, 6) is -0.800. The van der Waals surface area contributed by atoms with E-state index < -0.39 is 30.7 Å². The van der Waals surface area contributed by atoms with Crippen LogP contribution in [0.3, 0.4) is 0 Å². The Kier molecular flexibility index (Phi) is 10.3. The van der Waals surface area contributed by atoms with Crippen LogP contribution < -0.4 is 4.74 Å². The molecule has 2 aliphatic heterocycles. The molecule has 0 N–H and O–H groups in total. The molecule has 1 atom stereocenters. The van der Waals surface area contributed by atoms with E-state index in [2.05, 4.69) is 11.8 Å². The zero-order valence-corrected chi connectivity index (χ0v) is 27.3. The maximum Gasteiger partial charge on any atom is 0.257 e. The van der Waals surface area contributed by atoms with Crippen molar-refractivity contribution in [2.75, 3.05) is 45.1 Å². The van der Waals surface area contributed by atoms with Crippen molar-refractivity contribution in [3.8, 4) is 5.75 Å². The van der Waals surface area contributed by atoms with Crippen LogP contribution in [0.4, 0.5) is 0 Å². The minimum Gasteiger partial charge on any atom is -0.492 e. The molecule has 236 valence electrons. The topological polar surface area (TPSA) is 101 Å². The number of hydrogen-bond acceptors (Lipinski definition) is 7. The number of unbranched alkanes of at least 4 members (excludes halogenated alkanes) is 3. The number of halogens is 1. The van der Waals surface area contributed by atoms with E-state index in [1.54, 1.807) is 23.1 Å². The van der Waals surface area contributed by atoms with E-state index in [0.717, 1.165) is 42.8 Å². The highest BCUT2D eigenvalue weighted by Crippen LogP contribution is 2.47. The number of piperazine rings is 1. The van der Waals surface area contributed by atoms with Crippen LogP contribution in [-0.2, 0) is 26.1 Å². The van der Waals surface area contributed by atoms with Gasteiger partial charge >= 0.3 is 0 Å². The van der Waals surface area contributed by atoms with Crippen molar-refractivity contribution in [3.63, 3.8) is 0 Å². The Labute approximate surface area is 265 Å². The largest absolute Gasteiger partial charge is 0.492 e. The predicted octanol–water partition coefficient (Wildman–Crippen LogP) is 5.60. The minimum absolute atomic E-state index is 0.0339. The molecule has 1 fully saturated rings. The molecule has 0 saturated carbocycles. The van der Waals surface area contributed by atoms with Crippen molar-refractivity contribution < 1.29 is 26.4 Å². The number of fused-ring (bicyclic) bond motifs is 1. The van der Waals surface area contributed by atoms with Crippen molar-refractivity contribution >= 4 is 37.2 Å². The summed E-state index contributed by atoms with van der Waals surface area (Å²) in [6, 6.07) is 18.5. The van der Waals surface area contributed by atoms with Gasteiger partial charge in [-0.1, -0.05) is 74.2 Å². The van der Waals surface area contributed by atoms with E-state index in [4.69, 9.17) is 16.3 Å². The Balaban J connectivity index is 1.41. The van der Waals surface area contributed by atoms with Crippen LogP contribution in [0.5, 0.6) is 5.75 Å². The van der Waals surface area contributed by atoms with Gasteiger partial charge in [0.15, 0.2) is 19.7 Å². The van der Waals surface area contributed by atoms with Gasteiger partial charge in [0.1, 0.15) is 11.0 Å². The fraction of sp³-hybridized carbons (Fsp3) is 0.424. The van der Waals surface area contributed by atoms with E-state index in [-0.39, 0.29) is 39.2 Å². The summed E-state index contributed by atoms with van der Waals surface area (Å²) in [5, 5.41) is -0.625. The van der Waals surface area contributed by atoms with Gasteiger partial charge in [-0.15, -0.1) is 0 Å². The van der Waals surface area contributed by atoms with Gasteiger partial charge in [0.05, 0.1) is 27.7 Å². The van der Waals surface area contributed by atoms with Crippen LogP contribution in [0.2, 0.25) is 5.02 Å². The second kappa shape index (κ2) is 14.0. The number of amides is 1. The van der Waals surface area contributed by atoms with E-state index in [0.29, 0.717) is 32.6 Å². The van der Waals surface area contributed by atoms with E-state index in [9.17, 15) is 21.6 Å². The van der Waals surface area contributed by atoms with Crippen LogP contribution in [-0.4, -0.2) is 77.6 Å². The molecule has 0 aliphatic carbocycles. The third-order valence-electron chi connectivity index (χ3n) is 8.42. The molecule has 11 heteroatoms. The van der Waals surface area contributed by atoms with Crippen LogP contribution in [0.1, 0.15) is 59.3 Å². The SMILES string of the molecule is CCCCCCOc1c(C(=O)N2CCN(CCc3ccccc3Cl)CC2)ccc2c1C(S(=O)(=O)c1ccccc1)CS2(=O)=O. The van der Waals surface area contributed by atoms with Crippen LogP contribution in [0.15, 0.2) is 76.5 Å². The third-order valence-corrected chi connectivity index (χ3v) is 12.9. The molecule has 3 aromatic carbocycles. The van der Waals surface area contributed by atoms with Gasteiger partial charge in [-0.2, -0.15) is 0 Å². The molecule has 0 radical (unpaired) electrons. The zero-order valence-electron chi connectivity index (χ0n) is 25.0. The summed E-state index contributed by atoms with van der Waals surface area (Å²) in [6.07, 6.45) is 4.47. The first kappa shape index (κ1) is 32.5. The van der Waals surface area contributed by atoms with E-state index in [1.165, 1.54) is 24.3 Å². The lowest BCUT2D eigenvalue weighted by atomic mass is 10.0. The van der Waals surface area contributed by atoms with E-state index in [1.807, 2.05) is 24.3 Å². The van der Waals surface area contributed by atoms with Gasteiger partial charge in [0, 0.05) is 43.3 Å². The Morgan fingerprint density at radius 3 is 2.34 bits per heavy atom. The highest BCUT2D eigenvalue weighted by Gasteiger charge is 2.46. The van der Waals surface area contributed by atoms with Crippen molar-refractivity contribution in [3.05, 3.63) is 88.4 Å². The molecule has 0 bridgehead atoms. The fourth-order valence-electron chi connectivity index (χ4n) is 5.90. The van der Waals surface area contributed by atoms with Crippen molar-refractivity contribution in [1.29, 1.82) is 0 Å². The first-order valence-corrected chi connectivity index (χ1v) is 18.8. The molecule has 8 nitrogen and oxygen atoms in total. The second-order valence-corrected chi connectivity index (χ2v) is 15.9. The summed E-state index contributed by atoms with van der Waals surface area (Å²) in [6.45, 7) is 5.48. The standard InChI is InChI=1S/C33H39ClN2O6S2/c1-2-3-4-10-23-42-32-27(33(37)36-21-19-35(20-22-36)18-17-25-11-8-9-14-28(25)34)15-16-29-31(32)30(24-43(29,38)39)44(40,41)26-12-6-5-7-13-26/h5-9,11-16,30H,2-4,10,17-24H2,1H3. The molecule has 1 unspecified atom stereocenters. The molecule has 2 aliphatic rings. The summed E-state index contributed by atoms with van der Waals surface area (Å²) in [7, 11) is -8.01. The molecule has 1 amide bonds. The van der Waals surface area contributed by atoms with Gasteiger partial charge < -0.3 is 9.64 Å². The van der Waals surface area contributed by atoms with Gasteiger partial charge in [0.2, 0.25) is 0 Å². The lowest BCUT2D eigenvalue weighted by Gasteiger charge is -2.35. The molecule has 0 spiro atoms. The maximum absolute atomic E-state index is 14.0. The molecule has 3 aromatic rings. The number of carbonyl (C=O) groups excluding carboxylic acids is 1. The third kappa shape index (κ3) is 6.98. The lowest BCUT2D eigenvalue weighted by molar-refractivity contribution is 0.0634. The number of hydrogen-bond donors (Lipinski definition) is 0. The van der Waals surface area contributed by atoms with Crippen LogP contribution >= 0.6 is 11.6 Å². The van der Waals surface area contributed by atoms with Crippen molar-refractivity contribution in [2.45, 2.75) is 54.1 Å². The number of rotatable bonds is 12. The molecule has 44 heavy (non-hydrogen) atoms. The molecule has 0 aromatic heterocycles. The number of nitrogens with zero attached hydrogens (tertiary/aromatic N) is 2. The highest BCUT2D eigenvalue weighted by molar-refractivity contribution is 7.96. The van der Waals surface area contributed by atoms with Gasteiger partial charge in [-0.25, -0.2) is 16.8 Å². The maximum atomic E-state index is 14.0. The molecule has 2 heterocycles. The number of carbonyl (C=O) groups is 1. The molecule has 5 rings (SSSR count). The first-order valence-electron chi connectivity index (χ1n) is 15.2. The normalized spacial score (nSPS) is 18.2. The average Bonchev–Trinajstić information content (AvgIpc) is 3.32. The number of benzene rings is 3. The Hall–Kier alpha value is -2.92. The first-order chi connectivity index (χ1) is 21.1. The molecule has 1 saturated heterocycles. The summed E-state index contributed by atoms with van der Waals surface area (Å²) in [4.78, 5) is 18.0. The van der Waals surface area contributed by atoms with Crippen molar-refractivity contribution in [1.82, 2.24) is 9.80 Å². The quantitative estimate of drug-likeness (QED) is 0.234. The van der Waals surface area contributed by atoms with E-state index >= 15 is 0 Å². The minimum atomic E-state index is -4.09. The van der Waals surface area contributed by atoms with Gasteiger partial charge in [0.25, 0.3) is 5.91 Å². The Morgan fingerprint density at radius 2 is 1.64 bits per heavy atom. The molecular weight excluding hydrogens is 620 g/mol. The Morgan fingerprint density at radius 1 is 0.932 bits per heavy atom. The van der Waals surface area contributed by atoms with Crippen molar-refractivity contribution in [2.24, 2.45) is 0 Å². The molecular formula is C33H39ClN2O6S2. The average molecular weight is 659 g/mol. The monoisotopic (exact) mass is 658 g/mol. The summed E-state index contributed by atoms with van der Waals surface area (Å²) < 4.78 is 60.4. The second-order valence-electron chi connectivity index (χ2n) is 11.4. The van der Waals surface area contributed by atoms with Gasteiger partial charge in [-0.05, 0) is 48.7 Å². The smallest absolute Gasteiger partial charge is 0.257 e. The fourth-order valence-corrected chi connectivity index (χ4v) is 10.5. The number of sulfone groups is 2. The van der Waals surface area contributed by atoms with Crippen LogP contribution in [0.25, 0.3) is 0 Å². The number of ether oxygens (including phenoxy) is 1. The zero-order chi connectivity index (χ0) is 31.3. The summed E-state index contributed by atoms with van der Waals surface area (Å²) in [5.41, 5.74) is 1.36.